The molecule has 52 heavy (non-hydrogen) atoms. The highest BCUT2D eigenvalue weighted by Crippen LogP contribution is 2.19. The van der Waals surface area contributed by atoms with E-state index in [4.69, 9.17) is 10.5 Å². The SMILES string of the molecule is CCCCCCCCCCCCCCCCCCC(=O)OC(CCCCCCCCCCCC)CCCCCCCC(=O)NC(CCCN)C(=O)O. The first-order valence-electron chi connectivity index (χ1n) is 22.9. The highest BCUT2D eigenvalue weighted by molar-refractivity contribution is 5.83. The van der Waals surface area contributed by atoms with E-state index in [1.165, 1.54) is 148 Å². The Kier molecular flexibility index (Phi) is 39.3. The smallest absolute Gasteiger partial charge is 0.326 e. The van der Waals surface area contributed by atoms with E-state index in [-0.39, 0.29) is 18.0 Å². The molecule has 0 saturated heterocycles. The first-order chi connectivity index (χ1) is 25.4. The average molecular weight is 737 g/mol. The van der Waals surface area contributed by atoms with Gasteiger partial charge in [0.25, 0.3) is 0 Å². The van der Waals surface area contributed by atoms with Gasteiger partial charge in [-0.25, -0.2) is 4.79 Å². The summed E-state index contributed by atoms with van der Waals surface area (Å²) in [5, 5.41) is 11.9. The summed E-state index contributed by atoms with van der Waals surface area (Å²) in [7, 11) is 0. The molecular weight excluding hydrogens is 649 g/mol. The lowest BCUT2D eigenvalue weighted by molar-refractivity contribution is -0.150. The Morgan fingerprint density at radius 2 is 0.827 bits per heavy atom. The van der Waals surface area contributed by atoms with Gasteiger partial charge >= 0.3 is 11.9 Å². The zero-order chi connectivity index (χ0) is 38.2. The second-order valence-corrected chi connectivity index (χ2v) is 15.8. The van der Waals surface area contributed by atoms with Crippen LogP contribution in [0.1, 0.15) is 251 Å². The van der Waals surface area contributed by atoms with Crippen LogP contribution in [-0.2, 0) is 19.1 Å². The van der Waals surface area contributed by atoms with Crippen molar-refractivity contribution in [2.24, 2.45) is 5.73 Å². The number of esters is 1. The number of hydrogen-bond acceptors (Lipinski definition) is 5. The molecule has 0 heterocycles. The van der Waals surface area contributed by atoms with Crippen LogP contribution in [0.5, 0.6) is 0 Å². The highest BCUT2D eigenvalue weighted by atomic mass is 16.5. The van der Waals surface area contributed by atoms with Crippen molar-refractivity contribution in [1.82, 2.24) is 5.32 Å². The van der Waals surface area contributed by atoms with Crippen LogP contribution in [-0.4, -0.2) is 41.6 Å². The number of rotatable bonds is 42. The van der Waals surface area contributed by atoms with Gasteiger partial charge in [0.05, 0.1) is 0 Å². The molecule has 7 heteroatoms. The van der Waals surface area contributed by atoms with E-state index in [2.05, 4.69) is 19.2 Å². The molecule has 0 fully saturated rings. The van der Waals surface area contributed by atoms with E-state index in [0.29, 0.717) is 32.2 Å². The molecule has 0 aliphatic rings. The van der Waals surface area contributed by atoms with Crippen molar-refractivity contribution >= 4 is 17.8 Å². The largest absolute Gasteiger partial charge is 0.480 e. The van der Waals surface area contributed by atoms with Gasteiger partial charge in [0, 0.05) is 12.8 Å². The van der Waals surface area contributed by atoms with Crippen LogP contribution < -0.4 is 11.1 Å². The Balaban J connectivity index is 4.20. The Hall–Kier alpha value is -1.63. The number of carboxylic acid groups (broad SMARTS) is 1. The number of nitrogens with one attached hydrogen (secondary N) is 1. The number of aliphatic carboxylic acids is 1. The van der Waals surface area contributed by atoms with Crippen LogP contribution in [0.15, 0.2) is 0 Å². The van der Waals surface area contributed by atoms with Gasteiger partial charge in [0.1, 0.15) is 12.1 Å². The first-order valence-corrected chi connectivity index (χ1v) is 22.9. The van der Waals surface area contributed by atoms with E-state index in [1.54, 1.807) is 0 Å². The molecule has 0 rings (SSSR count). The van der Waals surface area contributed by atoms with Gasteiger partial charge < -0.3 is 20.9 Å². The predicted octanol–water partition coefficient (Wildman–Crippen LogP) is 12.9. The molecule has 0 bridgehead atoms. The Labute approximate surface area is 322 Å². The van der Waals surface area contributed by atoms with E-state index in [0.717, 1.165) is 64.2 Å². The molecule has 0 saturated carbocycles. The van der Waals surface area contributed by atoms with Crippen LogP contribution in [0, 0.1) is 0 Å². The van der Waals surface area contributed by atoms with Gasteiger partial charge in [0.15, 0.2) is 0 Å². The fraction of sp³-hybridized carbons (Fsp3) is 0.933. The van der Waals surface area contributed by atoms with Crippen LogP contribution in [0.4, 0.5) is 0 Å². The van der Waals surface area contributed by atoms with Crippen LogP contribution in [0.3, 0.4) is 0 Å². The zero-order valence-corrected chi connectivity index (χ0v) is 34.7. The fourth-order valence-corrected chi connectivity index (χ4v) is 7.22. The quantitative estimate of drug-likeness (QED) is 0.0424. The summed E-state index contributed by atoms with van der Waals surface area (Å²) < 4.78 is 6.05. The van der Waals surface area contributed by atoms with Crippen molar-refractivity contribution in [1.29, 1.82) is 0 Å². The summed E-state index contributed by atoms with van der Waals surface area (Å²) in [6.07, 6.45) is 42.9. The molecule has 0 aromatic carbocycles. The van der Waals surface area contributed by atoms with Gasteiger partial charge in [-0.2, -0.15) is 0 Å². The molecule has 2 unspecified atom stereocenters. The number of hydrogen-bond donors (Lipinski definition) is 3. The topological polar surface area (TPSA) is 119 Å². The van der Waals surface area contributed by atoms with Crippen LogP contribution in [0.25, 0.3) is 0 Å². The van der Waals surface area contributed by atoms with Gasteiger partial charge in [-0.15, -0.1) is 0 Å². The van der Waals surface area contributed by atoms with Crippen molar-refractivity contribution in [2.45, 2.75) is 264 Å². The molecule has 0 aromatic rings. The summed E-state index contributed by atoms with van der Waals surface area (Å²) in [6, 6.07) is -0.852. The maximum atomic E-state index is 12.8. The zero-order valence-electron chi connectivity index (χ0n) is 34.7. The summed E-state index contributed by atoms with van der Waals surface area (Å²) in [5.74, 6) is -1.21. The number of carbonyl (C=O) groups excluding carboxylic acids is 2. The predicted molar refractivity (Wildman–Crippen MR) is 221 cm³/mol. The van der Waals surface area contributed by atoms with Crippen molar-refractivity contribution in [3.05, 3.63) is 0 Å². The summed E-state index contributed by atoms with van der Waals surface area (Å²) in [4.78, 5) is 36.4. The number of unbranched alkanes of at least 4 members (excludes halogenated alkanes) is 28. The Morgan fingerprint density at radius 1 is 0.481 bits per heavy atom. The van der Waals surface area contributed by atoms with Gasteiger partial charge in [-0.05, 0) is 57.9 Å². The lowest BCUT2D eigenvalue weighted by Gasteiger charge is -2.18. The molecule has 2 atom stereocenters. The van der Waals surface area contributed by atoms with Crippen LogP contribution in [0.2, 0.25) is 0 Å². The molecule has 4 N–H and O–H groups in total. The molecule has 0 aromatic heterocycles. The molecular formula is C45H88N2O5. The summed E-state index contributed by atoms with van der Waals surface area (Å²) in [5.41, 5.74) is 5.49. The third kappa shape index (κ3) is 36.7. The van der Waals surface area contributed by atoms with Crippen molar-refractivity contribution in [3.8, 4) is 0 Å². The van der Waals surface area contributed by atoms with Gasteiger partial charge in [0.2, 0.25) is 5.91 Å². The maximum absolute atomic E-state index is 12.8. The normalized spacial score (nSPS) is 12.5. The van der Waals surface area contributed by atoms with Crippen LogP contribution >= 0.6 is 0 Å². The number of ether oxygens (including phenoxy) is 1. The molecule has 308 valence electrons. The third-order valence-electron chi connectivity index (χ3n) is 10.7. The van der Waals surface area contributed by atoms with Gasteiger partial charge in [-0.3, -0.25) is 9.59 Å². The minimum Gasteiger partial charge on any atom is -0.480 e. The minimum absolute atomic E-state index is 0.0143. The van der Waals surface area contributed by atoms with E-state index in [1.807, 2.05) is 0 Å². The Morgan fingerprint density at radius 3 is 1.19 bits per heavy atom. The molecule has 0 radical (unpaired) electrons. The lowest BCUT2D eigenvalue weighted by Crippen LogP contribution is -2.40. The van der Waals surface area contributed by atoms with E-state index < -0.39 is 12.0 Å². The lowest BCUT2D eigenvalue weighted by atomic mass is 10.0. The van der Waals surface area contributed by atoms with Crippen molar-refractivity contribution in [3.63, 3.8) is 0 Å². The highest BCUT2D eigenvalue weighted by Gasteiger charge is 2.19. The Bertz CT molecular complexity index is 792. The molecule has 1 amide bonds. The second kappa shape index (κ2) is 40.6. The maximum Gasteiger partial charge on any atom is 0.326 e. The number of amides is 1. The second-order valence-electron chi connectivity index (χ2n) is 15.8. The molecule has 0 spiro atoms. The standard InChI is InChI=1S/C45H88N2O5/c1-3-5-7-9-11-13-15-16-17-18-19-20-22-24-29-33-39-44(49)52-41(35-30-26-23-21-14-12-10-8-6-4-2)36-31-27-25-28-32-38-43(48)47-42(45(50)51)37-34-40-46/h41-42H,3-40,46H2,1-2H3,(H,47,48)(H,50,51). The van der Waals surface area contributed by atoms with Gasteiger partial charge in [-0.1, -0.05) is 187 Å². The number of nitrogens with two attached hydrogens (primary N) is 1. The molecule has 0 aliphatic carbocycles. The van der Waals surface area contributed by atoms with E-state index in [9.17, 15) is 19.5 Å². The average Bonchev–Trinajstić information content (AvgIpc) is 3.13. The summed E-state index contributed by atoms with van der Waals surface area (Å²) in [6.45, 7) is 4.96. The van der Waals surface area contributed by atoms with Crippen molar-refractivity contribution in [2.75, 3.05) is 6.54 Å². The fourth-order valence-electron chi connectivity index (χ4n) is 7.22. The van der Waals surface area contributed by atoms with E-state index >= 15 is 0 Å². The number of carbonyl (C=O) groups is 3. The molecule has 7 nitrogen and oxygen atoms in total. The minimum atomic E-state index is -1.00. The monoisotopic (exact) mass is 737 g/mol. The van der Waals surface area contributed by atoms with Crippen molar-refractivity contribution < 1.29 is 24.2 Å². The summed E-state index contributed by atoms with van der Waals surface area (Å²) >= 11 is 0. The number of carboxylic acids is 1. The molecule has 0 aliphatic heterocycles. The first kappa shape index (κ1) is 50.4. The third-order valence-corrected chi connectivity index (χ3v) is 10.7.